The van der Waals surface area contributed by atoms with Crippen molar-refractivity contribution in [1.29, 1.82) is 0 Å². The molecule has 91 heavy (non-hydrogen) atoms. The Kier molecular flexibility index (Phi) is 10.6. The number of nitrogens with two attached hydrogens (primary N) is 1. The Morgan fingerprint density at radius 1 is 0.352 bits per heavy atom. The van der Waals surface area contributed by atoms with Gasteiger partial charge in [0.1, 0.15) is 0 Å². The summed E-state index contributed by atoms with van der Waals surface area (Å²) in [5.74, 6) is 6.94. The third-order valence-electron chi connectivity index (χ3n) is 21.9. The number of para-hydroxylation sites is 2. The zero-order chi connectivity index (χ0) is 60.7. The van der Waals surface area contributed by atoms with Gasteiger partial charge in [-0.2, -0.15) is 0 Å². The molecule has 2 spiro atoms. The van der Waals surface area contributed by atoms with Crippen molar-refractivity contribution < 1.29 is 0 Å². The van der Waals surface area contributed by atoms with Gasteiger partial charge in [0.15, 0.2) is 0 Å². The van der Waals surface area contributed by atoms with Crippen molar-refractivity contribution in [3.8, 4) is 44.5 Å². The molecule has 2 heterocycles. The van der Waals surface area contributed by atoms with Gasteiger partial charge in [0, 0.05) is 55.7 Å². The number of nitrogens with zero attached hydrogens (tertiary/aromatic N) is 3. The number of aromatic nitrogens is 2. The zero-order valence-electron chi connectivity index (χ0n) is 51.4. The summed E-state index contributed by atoms with van der Waals surface area (Å²) in [6.45, 7) is 9.69. The third-order valence-corrected chi connectivity index (χ3v) is 21.9. The Labute approximate surface area is 530 Å². The van der Waals surface area contributed by atoms with Gasteiger partial charge in [-0.1, -0.05) is 218 Å². The van der Waals surface area contributed by atoms with Gasteiger partial charge in [-0.25, -0.2) is 0 Å². The zero-order valence-corrected chi connectivity index (χ0v) is 51.4. The molecule has 0 saturated heterocycles. The van der Waals surface area contributed by atoms with Crippen molar-refractivity contribution in [2.45, 2.75) is 62.4 Å². The molecule has 0 aliphatic heterocycles. The maximum absolute atomic E-state index is 6.94. The summed E-state index contributed by atoms with van der Waals surface area (Å²) < 4.78 is 1.84. The minimum absolute atomic E-state index is 0.459. The van der Waals surface area contributed by atoms with E-state index in [0.29, 0.717) is 0 Å². The Hall–Kier alpha value is -10.9. The van der Waals surface area contributed by atoms with Crippen LogP contribution in [-0.4, -0.2) is 9.66 Å². The number of aromatic amines is 1. The summed E-state index contributed by atoms with van der Waals surface area (Å²) in [5.41, 5.74) is 31.9. The lowest BCUT2D eigenvalue weighted by Gasteiger charge is -2.44. The van der Waals surface area contributed by atoms with Gasteiger partial charge in [-0.15, -0.1) is 0 Å². The SMILES string of the molecule is CC(C)(c1ccc2c(c1)C1(c3ccccc3-c3ccccc31)c1ccccc1-2)N(C1=Cc2c([nH]c3ccccc23)CC1)c1ccc(C(C)(C)N(c2ccc3c(c2)C2(c4ccccc4-c4ccccc42)c2ccccc2-3)c2ccc3c(c2)c2ccccc2n3N)cc1. The fourth-order valence-corrected chi connectivity index (χ4v) is 18.0. The third kappa shape index (κ3) is 6.80. The Morgan fingerprint density at radius 3 is 1.32 bits per heavy atom. The molecule has 0 saturated carbocycles. The molecular weight excluding hydrogens is 1100 g/mol. The molecule has 12 aromatic carbocycles. The van der Waals surface area contributed by atoms with Crippen molar-refractivity contribution in [1.82, 2.24) is 9.66 Å². The van der Waals surface area contributed by atoms with Crippen LogP contribution in [0.15, 0.2) is 279 Å². The van der Waals surface area contributed by atoms with E-state index in [1.54, 1.807) is 0 Å². The molecule has 0 atom stereocenters. The molecule has 14 aromatic rings. The van der Waals surface area contributed by atoms with Crippen LogP contribution in [-0.2, 0) is 28.3 Å². The van der Waals surface area contributed by atoms with Crippen LogP contribution in [0.1, 0.15) is 101 Å². The summed E-state index contributed by atoms with van der Waals surface area (Å²) in [6.07, 6.45) is 4.28. The first-order valence-electron chi connectivity index (χ1n) is 32.2. The molecule has 2 aromatic heterocycles. The molecule has 5 aliphatic rings. The minimum atomic E-state index is -0.605. The molecule has 0 bridgehead atoms. The fourth-order valence-electron chi connectivity index (χ4n) is 18.0. The first kappa shape index (κ1) is 52.1. The van der Waals surface area contributed by atoms with E-state index >= 15 is 0 Å². The van der Waals surface area contributed by atoms with Gasteiger partial charge < -0.3 is 20.6 Å². The normalized spacial score (nSPS) is 14.8. The molecule has 434 valence electrons. The second kappa shape index (κ2) is 18.6. The Morgan fingerprint density at radius 2 is 0.758 bits per heavy atom. The van der Waals surface area contributed by atoms with Gasteiger partial charge in [0.25, 0.3) is 0 Å². The summed E-state index contributed by atoms with van der Waals surface area (Å²) in [7, 11) is 0. The van der Waals surface area contributed by atoms with E-state index in [4.69, 9.17) is 5.84 Å². The smallest absolute Gasteiger partial charge is 0.0726 e. The van der Waals surface area contributed by atoms with E-state index in [1.807, 2.05) is 4.68 Å². The maximum atomic E-state index is 6.94. The number of anilines is 3. The number of nitrogens with one attached hydrogen (secondary N) is 1. The maximum Gasteiger partial charge on any atom is 0.0726 e. The molecule has 5 heteroatoms. The van der Waals surface area contributed by atoms with Crippen LogP contribution in [0.3, 0.4) is 0 Å². The number of hydrogen-bond donors (Lipinski definition) is 2. The fraction of sp³-hybridized carbons (Fsp3) is 0.116. The number of hydrogen-bond acceptors (Lipinski definition) is 3. The topological polar surface area (TPSA) is 53.2 Å². The first-order chi connectivity index (χ1) is 44.6. The van der Waals surface area contributed by atoms with Crippen molar-refractivity contribution in [2.24, 2.45) is 0 Å². The standard InChI is InChI=1S/C86H65N5/c1-83(2,90(57-44-48-82-70(51-57)68-28-12-20-36-81(68)91(82)87)58-42-46-66-64-26-10-18-34-76(64)86(78(66)52-58)73-31-15-7-23-61(73)62-24-8-16-32-74(62)86)53-37-40-55(41-38-53)89(56-43-47-80-69(50-56)67-27-11-19-35-79(67)88-80)84(3,4)54-39-45-65-63-25-9-17-33-75(63)85(77(65)49-54)71-29-13-5-21-59(71)60-22-6-14-30-72(60)85/h5-42,44-46,48-52,88H,43,47,87H2,1-4H3. The molecule has 19 rings (SSSR count). The Bertz CT molecular complexity index is 5350. The van der Waals surface area contributed by atoms with Gasteiger partial charge in [-0.3, -0.25) is 4.68 Å². The van der Waals surface area contributed by atoms with Crippen LogP contribution in [0.25, 0.3) is 83.3 Å². The van der Waals surface area contributed by atoms with E-state index in [2.05, 4.69) is 322 Å². The molecule has 0 amide bonds. The van der Waals surface area contributed by atoms with Gasteiger partial charge in [0.05, 0.1) is 32.9 Å². The van der Waals surface area contributed by atoms with Crippen molar-refractivity contribution in [3.63, 3.8) is 0 Å². The summed E-state index contributed by atoms with van der Waals surface area (Å²) in [4.78, 5) is 9.08. The van der Waals surface area contributed by atoms with Gasteiger partial charge in [0.2, 0.25) is 0 Å². The first-order valence-corrected chi connectivity index (χ1v) is 32.2. The van der Waals surface area contributed by atoms with E-state index in [-0.39, 0.29) is 0 Å². The number of allylic oxidation sites excluding steroid dienone is 1. The highest BCUT2D eigenvalue weighted by Crippen LogP contribution is 2.65. The van der Waals surface area contributed by atoms with Crippen molar-refractivity contribution in [3.05, 3.63) is 346 Å². The summed E-state index contributed by atoms with van der Waals surface area (Å²) >= 11 is 0. The highest BCUT2D eigenvalue weighted by atomic mass is 15.3. The van der Waals surface area contributed by atoms with Gasteiger partial charge in [-0.05, 0) is 201 Å². The van der Waals surface area contributed by atoms with Crippen LogP contribution in [0.4, 0.5) is 17.1 Å². The van der Waals surface area contributed by atoms with Crippen LogP contribution in [0.2, 0.25) is 0 Å². The molecule has 0 radical (unpaired) electrons. The molecule has 0 fully saturated rings. The number of H-pyrrole nitrogens is 1. The van der Waals surface area contributed by atoms with Gasteiger partial charge >= 0.3 is 0 Å². The van der Waals surface area contributed by atoms with E-state index in [1.165, 1.54) is 128 Å². The number of nitrogen functional groups attached to an aromatic ring is 1. The lowest BCUT2D eigenvalue weighted by Crippen LogP contribution is -2.42. The summed E-state index contributed by atoms with van der Waals surface area (Å²) in [5, 5.41) is 3.51. The lowest BCUT2D eigenvalue weighted by molar-refractivity contribution is 0.506. The predicted octanol–water partition coefficient (Wildman–Crippen LogP) is 20.5. The summed E-state index contributed by atoms with van der Waals surface area (Å²) in [6, 6.07) is 103. The molecule has 0 unspecified atom stereocenters. The molecule has 5 aliphatic carbocycles. The van der Waals surface area contributed by atoms with Crippen molar-refractivity contribution in [2.75, 3.05) is 15.6 Å². The number of aryl methyl sites for hydroxylation is 1. The number of fused-ring (bicyclic) bond motifs is 26. The molecule has 5 nitrogen and oxygen atoms in total. The van der Waals surface area contributed by atoms with E-state index < -0.39 is 21.9 Å². The Balaban J connectivity index is 0.790. The van der Waals surface area contributed by atoms with Crippen LogP contribution >= 0.6 is 0 Å². The lowest BCUT2D eigenvalue weighted by atomic mass is 9.70. The average molecular weight is 1170 g/mol. The van der Waals surface area contributed by atoms with E-state index in [9.17, 15) is 0 Å². The number of benzene rings is 12. The average Bonchev–Trinajstić information content (AvgIpc) is 1.52. The number of rotatable bonds is 8. The van der Waals surface area contributed by atoms with E-state index in [0.717, 1.165) is 51.7 Å². The highest BCUT2D eigenvalue weighted by molar-refractivity contribution is 6.09. The second-order valence-corrected chi connectivity index (χ2v) is 26.9. The van der Waals surface area contributed by atoms with Crippen LogP contribution < -0.4 is 15.6 Å². The quantitative estimate of drug-likeness (QED) is 0.149. The molecular formula is C86H65N5. The predicted molar refractivity (Wildman–Crippen MR) is 377 cm³/mol. The second-order valence-electron chi connectivity index (χ2n) is 26.9. The minimum Gasteiger partial charge on any atom is -0.358 e. The monoisotopic (exact) mass is 1170 g/mol. The largest absolute Gasteiger partial charge is 0.358 e. The highest BCUT2D eigenvalue weighted by Gasteiger charge is 2.54. The van der Waals surface area contributed by atoms with Crippen molar-refractivity contribution >= 4 is 55.8 Å². The van der Waals surface area contributed by atoms with Crippen LogP contribution in [0, 0.1) is 0 Å². The van der Waals surface area contributed by atoms with Crippen LogP contribution in [0.5, 0.6) is 0 Å². The molecule has 3 N–H and O–H groups in total.